The topological polar surface area (TPSA) is 163 Å². The molecule has 2 amide bonds. The number of alkyl halides is 4. The molecule has 0 bridgehead atoms. The molecule has 424 valence electrons. The molecule has 0 saturated heterocycles. The van der Waals surface area contributed by atoms with Gasteiger partial charge < -0.3 is 25.7 Å². The van der Waals surface area contributed by atoms with Crippen molar-refractivity contribution in [1.82, 2.24) is 39.0 Å². The molecule has 7 heterocycles. The van der Waals surface area contributed by atoms with E-state index in [-0.39, 0.29) is 47.9 Å². The fourth-order valence-corrected chi connectivity index (χ4v) is 11.0. The maximum Gasteiger partial charge on any atom is 0.410 e. The third kappa shape index (κ3) is 13.3. The molecule has 4 N–H and O–H groups in total. The zero-order chi connectivity index (χ0) is 58.3. The Balaban J connectivity index is 0.000000160. The van der Waals surface area contributed by atoms with Crippen molar-refractivity contribution in [1.29, 1.82) is 0 Å². The fraction of sp³-hybridized carbons (Fsp3) is 0.525. The average Bonchev–Trinajstić information content (AvgIpc) is 4.17. The summed E-state index contributed by atoms with van der Waals surface area (Å²) in [5.41, 5.74) is 15.1. The number of para-hydroxylation sites is 1. The number of rotatable bonds is 7. The summed E-state index contributed by atoms with van der Waals surface area (Å²) in [7, 11) is 0. The second-order valence-corrected chi connectivity index (χ2v) is 24.3. The normalized spacial score (nSPS) is 18.2. The minimum absolute atomic E-state index is 0.0524. The number of benzene rings is 2. The molecule has 1 spiro atoms. The Hall–Kier alpha value is -6.24. The molecule has 14 nitrogen and oxygen atoms in total. The number of hydrogen-bond donors (Lipinski definition) is 3. The highest BCUT2D eigenvalue weighted by molar-refractivity contribution is 9.10. The van der Waals surface area contributed by atoms with Crippen molar-refractivity contribution in [2.45, 2.75) is 184 Å². The van der Waals surface area contributed by atoms with Gasteiger partial charge in [-0.1, -0.05) is 64.6 Å². The predicted molar refractivity (Wildman–Crippen MR) is 306 cm³/mol. The Morgan fingerprint density at radius 1 is 0.846 bits per heavy atom. The summed E-state index contributed by atoms with van der Waals surface area (Å²) < 4.78 is 64.3. The predicted octanol–water partition coefficient (Wildman–Crippen LogP) is 15.3. The Kier molecular flexibility index (Phi) is 18.2. The maximum absolute atomic E-state index is 13.8. The number of carbonyl (C=O) groups is 2. The lowest BCUT2D eigenvalue weighted by Gasteiger charge is -2.24. The number of allylic oxidation sites excluding steroid dienone is 1. The molecule has 3 aliphatic heterocycles. The number of nitrogens with one attached hydrogen (secondary N) is 2. The number of hydrogen-bond acceptors (Lipinski definition) is 9. The molecule has 1 saturated carbocycles. The van der Waals surface area contributed by atoms with E-state index in [0.29, 0.717) is 51.5 Å². The number of nitrogens with two attached hydrogens (primary N) is 1. The lowest BCUT2D eigenvalue weighted by molar-refractivity contribution is -0.118. The summed E-state index contributed by atoms with van der Waals surface area (Å²) in [5.74, 6) is -3.18. The molecule has 1 fully saturated rings. The summed E-state index contributed by atoms with van der Waals surface area (Å²) in [5, 5.41) is 15.3. The first-order valence-corrected chi connectivity index (χ1v) is 27.5. The number of nitrogens with zero attached hydrogens (tertiary/aromatic N) is 8. The van der Waals surface area contributed by atoms with E-state index < -0.39 is 23.5 Å². The number of anilines is 3. The first kappa shape index (κ1) is 61.0. The highest BCUT2D eigenvalue weighted by Crippen LogP contribution is 2.62. The maximum atomic E-state index is 13.8. The molecule has 4 aromatic heterocycles. The van der Waals surface area contributed by atoms with E-state index in [4.69, 9.17) is 10.5 Å². The van der Waals surface area contributed by atoms with E-state index in [0.717, 1.165) is 42.7 Å². The van der Waals surface area contributed by atoms with Crippen LogP contribution in [0.3, 0.4) is 0 Å². The van der Waals surface area contributed by atoms with Gasteiger partial charge in [0.05, 0.1) is 24.2 Å². The number of amides is 2. The van der Waals surface area contributed by atoms with Crippen LogP contribution in [0.15, 0.2) is 77.8 Å². The number of aryl methyl sites for hydroxylation is 1. The van der Waals surface area contributed by atoms with Gasteiger partial charge in [-0.05, 0) is 157 Å². The van der Waals surface area contributed by atoms with Gasteiger partial charge in [0.2, 0.25) is 11.9 Å². The van der Waals surface area contributed by atoms with Gasteiger partial charge in [0.15, 0.2) is 0 Å². The van der Waals surface area contributed by atoms with Crippen molar-refractivity contribution in [3.8, 4) is 0 Å². The van der Waals surface area contributed by atoms with Crippen molar-refractivity contribution in [3.63, 3.8) is 0 Å². The van der Waals surface area contributed by atoms with Crippen molar-refractivity contribution < 1.29 is 31.9 Å². The zero-order valence-electron chi connectivity index (χ0n) is 48.4. The summed E-state index contributed by atoms with van der Waals surface area (Å²) >= 11 is 3.18. The fourth-order valence-electron chi connectivity index (χ4n) is 10.3. The van der Waals surface area contributed by atoms with Crippen LogP contribution in [0.2, 0.25) is 0 Å². The van der Waals surface area contributed by atoms with Crippen LogP contribution in [-0.4, -0.2) is 56.6 Å². The second kappa shape index (κ2) is 23.2. The van der Waals surface area contributed by atoms with Crippen LogP contribution in [0.4, 0.5) is 39.7 Å². The van der Waals surface area contributed by atoms with Gasteiger partial charge in [-0.3, -0.25) is 19.1 Å². The molecule has 3 unspecified atom stereocenters. The molecule has 19 heteroatoms. The highest BCUT2D eigenvalue weighted by Gasteiger charge is 2.65. The summed E-state index contributed by atoms with van der Waals surface area (Å²) in [4.78, 5) is 33.7. The van der Waals surface area contributed by atoms with Crippen molar-refractivity contribution in [2.24, 2.45) is 17.8 Å². The van der Waals surface area contributed by atoms with E-state index in [1.165, 1.54) is 43.6 Å². The molecule has 4 aliphatic rings. The van der Waals surface area contributed by atoms with Crippen LogP contribution in [0.25, 0.3) is 11.0 Å². The van der Waals surface area contributed by atoms with Gasteiger partial charge in [0.25, 0.3) is 11.8 Å². The standard InChI is InChI=1S/C15H23F2N3O2.C14H19N.C13H15NO.C9H12N4.C8H11BrF2N2/c1-9(2)20-11-8-19(13(21)22-14(3,4)5)7-10(11)12(18-20)15(6,16)17;1-8(2)13-11(5)15-14-10(4)9(3)6-7-12(13)14;1-8(2)10-7-13(10)9-5-3-4-6-11(9)14-12(13)15;1-6(2)13-4-3-7-5-11-9(10)12-8(7)13;1-5(2)13-7(9)4-6(12-13)8(3,10)11/h9H,7-8H2,1-6H3;6-8,13,15H,5H2,1-4H3;3-6,8,10H,7H2,1-2H3,(H,14,15);3-6H,1-2H3,(H2,10,11,12);4-5H,1-3H3. The third-order valence-electron chi connectivity index (χ3n) is 14.3. The monoisotopic (exact) mass is 1150 g/mol. The van der Waals surface area contributed by atoms with Gasteiger partial charge in [-0.15, -0.1) is 0 Å². The van der Waals surface area contributed by atoms with E-state index in [2.05, 4.69) is 131 Å². The second-order valence-electron chi connectivity index (χ2n) is 23.5. The summed E-state index contributed by atoms with van der Waals surface area (Å²) in [6.45, 7) is 36.4. The first-order chi connectivity index (χ1) is 36.1. The molecule has 6 aromatic rings. The Labute approximate surface area is 466 Å². The van der Waals surface area contributed by atoms with Gasteiger partial charge in [-0.2, -0.15) is 32.7 Å². The van der Waals surface area contributed by atoms with E-state index in [9.17, 15) is 27.2 Å². The van der Waals surface area contributed by atoms with Gasteiger partial charge >= 0.3 is 6.09 Å². The number of carbonyl (C=O) groups excluding carboxylic acids is 2. The quantitative estimate of drug-likeness (QED) is 0.132. The molecule has 3 atom stereocenters. The largest absolute Gasteiger partial charge is 0.444 e. The number of fused-ring (bicyclic) bond motifs is 5. The number of ether oxygens (including phenoxy) is 1. The lowest BCUT2D eigenvalue weighted by atomic mass is 9.87. The summed E-state index contributed by atoms with van der Waals surface area (Å²) in [6.07, 6.45) is 4.28. The third-order valence-corrected chi connectivity index (χ3v) is 14.9. The van der Waals surface area contributed by atoms with Crippen LogP contribution >= 0.6 is 15.9 Å². The average molecular weight is 1150 g/mol. The van der Waals surface area contributed by atoms with Gasteiger partial charge in [-0.25, -0.2) is 9.78 Å². The van der Waals surface area contributed by atoms with E-state index in [1.807, 2.05) is 58.2 Å². The van der Waals surface area contributed by atoms with Gasteiger partial charge in [0.1, 0.15) is 27.2 Å². The van der Waals surface area contributed by atoms with E-state index in [1.54, 1.807) is 31.6 Å². The molecule has 1 aliphatic carbocycles. The SMILES string of the molecule is C=C1Nc2c(ccc(C)c2C)C1C(C)C.CC(C)C1CC12C(=O)Nc1ccccc12.CC(C)n1ccc2cnc(N)nc21.CC(C)n1nc(C(C)(F)F)c2c1CN(C(=O)OC(C)(C)C)C2.CC(C)n1nc(C(C)(F)F)cc1Br. The number of aromatic nitrogens is 7. The zero-order valence-corrected chi connectivity index (χ0v) is 50.0. The van der Waals surface area contributed by atoms with E-state index >= 15 is 0 Å². The summed E-state index contributed by atoms with van der Waals surface area (Å²) in [6, 6.07) is 16.3. The van der Waals surface area contributed by atoms with Gasteiger partial charge in [0, 0.05) is 78.3 Å². The first-order valence-electron chi connectivity index (χ1n) is 26.7. The molecule has 0 radical (unpaired) electrons. The molecule has 10 rings (SSSR count). The van der Waals surface area contributed by atoms with Crippen LogP contribution in [0, 0.1) is 31.6 Å². The minimum Gasteiger partial charge on any atom is -0.444 e. The van der Waals surface area contributed by atoms with Crippen molar-refractivity contribution >= 4 is 56.3 Å². The van der Waals surface area contributed by atoms with Crippen molar-refractivity contribution in [3.05, 3.63) is 123 Å². The Bertz CT molecular complexity index is 3140. The number of halogens is 5. The van der Waals surface area contributed by atoms with Crippen LogP contribution in [-0.2, 0) is 39.9 Å². The minimum atomic E-state index is -3.03. The molecule has 2 aromatic carbocycles. The highest BCUT2D eigenvalue weighted by atomic mass is 79.9. The molecule has 78 heavy (non-hydrogen) atoms. The van der Waals surface area contributed by atoms with Crippen LogP contribution in [0.5, 0.6) is 0 Å². The van der Waals surface area contributed by atoms with Crippen LogP contribution in [0.1, 0.15) is 179 Å². The molecular weight excluding hydrogens is 1070 g/mol. The lowest BCUT2D eigenvalue weighted by Crippen LogP contribution is -2.34. The smallest absolute Gasteiger partial charge is 0.410 e. The Morgan fingerprint density at radius 2 is 1.49 bits per heavy atom. The number of nitrogen functional groups attached to an aromatic ring is 1. The molecular formula is C59H80BrF4N11O3. The Morgan fingerprint density at radius 3 is 2.01 bits per heavy atom. The van der Waals surface area contributed by atoms with Crippen LogP contribution < -0.4 is 16.4 Å². The van der Waals surface area contributed by atoms with Crippen molar-refractivity contribution in [2.75, 3.05) is 16.4 Å².